The van der Waals surface area contributed by atoms with Gasteiger partial charge < -0.3 is 14.2 Å². The molecule has 0 saturated carbocycles. The molecule has 0 unspecified atom stereocenters. The van der Waals surface area contributed by atoms with Crippen LogP contribution in [0.15, 0.2) is 45.3 Å². The summed E-state index contributed by atoms with van der Waals surface area (Å²) < 4.78 is 17.5. The third-order valence-corrected chi connectivity index (χ3v) is 5.09. The van der Waals surface area contributed by atoms with Crippen LogP contribution in [0.4, 0.5) is 0 Å². The van der Waals surface area contributed by atoms with Gasteiger partial charge in [-0.1, -0.05) is 15.9 Å². The molecule has 0 aliphatic heterocycles. The van der Waals surface area contributed by atoms with Crippen molar-refractivity contribution in [3.8, 4) is 11.5 Å². The van der Waals surface area contributed by atoms with E-state index in [1.165, 1.54) is 0 Å². The van der Waals surface area contributed by atoms with Crippen LogP contribution in [0.1, 0.15) is 15.9 Å². The fourth-order valence-electron chi connectivity index (χ4n) is 2.28. The average Bonchev–Trinajstić information content (AvgIpc) is 2.72. The van der Waals surface area contributed by atoms with E-state index in [1.807, 2.05) is 19.1 Å². The molecule has 11 heteroatoms. The van der Waals surface area contributed by atoms with E-state index >= 15 is 0 Å². The van der Waals surface area contributed by atoms with Gasteiger partial charge in [-0.05, 0) is 77.0 Å². The SMILES string of the molecule is COCCOc1ccc(C(=O)NC(=S)NNC(=O)COc2ccc(Br)cc2C)cc1Br. The van der Waals surface area contributed by atoms with Gasteiger partial charge in [0.15, 0.2) is 11.7 Å². The first-order valence-corrected chi connectivity index (χ1v) is 11.0. The van der Waals surface area contributed by atoms with Crippen molar-refractivity contribution in [2.45, 2.75) is 6.92 Å². The molecule has 3 N–H and O–H groups in total. The summed E-state index contributed by atoms with van der Waals surface area (Å²) in [7, 11) is 1.58. The maximum Gasteiger partial charge on any atom is 0.276 e. The highest BCUT2D eigenvalue weighted by Gasteiger charge is 2.12. The van der Waals surface area contributed by atoms with E-state index in [0.717, 1.165) is 10.0 Å². The summed E-state index contributed by atoms with van der Waals surface area (Å²) in [6.07, 6.45) is 0. The number of nitrogens with one attached hydrogen (secondary N) is 3. The number of ether oxygens (including phenoxy) is 3. The largest absolute Gasteiger partial charge is 0.490 e. The Morgan fingerprint density at radius 2 is 1.74 bits per heavy atom. The Hall–Kier alpha value is -2.21. The number of carbonyl (C=O) groups excluding carboxylic acids is 2. The van der Waals surface area contributed by atoms with Gasteiger partial charge in [0, 0.05) is 17.1 Å². The van der Waals surface area contributed by atoms with Crippen molar-refractivity contribution in [1.82, 2.24) is 16.2 Å². The van der Waals surface area contributed by atoms with Crippen molar-refractivity contribution in [3.05, 3.63) is 56.5 Å². The third kappa shape index (κ3) is 8.44. The van der Waals surface area contributed by atoms with E-state index < -0.39 is 11.8 Å². The van der Waals surface area contributed by atoms with E-state index in [1.54, 1.807) is 31.4 Å². The molecular formula is C20H21Br2N3O5S. The van der Waals surface area contributed by atoms with Gasteiger partial charge >= 0.3 is 0 Å². The number of thiocarbonyl (C=S) groups is 1. The molecule has 2 amide bonds. The second kappa shape index (κ2) is 12.6. The zero-order valence-corrected chi connectivity index (χ0v) is 20.8. The number of rotatable bonds is 8. The molecule has 0 heterocycles. The van der Waals surface area contributed by atoms with Crippen molar-refractivity contribution in [2.24, 2.45) is 0 Å². The summed E-state index contributed by atoms with van der Waals surface area (Å²) in [4.78, 5) is 24.3. The van der Waals surface area contributed by atoms with Crippen LogP contribution in [-0.4, -0.2) is 43.9 Å². The van der Waals surface area contributed by atoms with Crippen molar-refractivity contribution in [1.29, 1.82) is 0 Å². The van der Waals surface area contributed by atoms with Gasteiger partial charge in [-0.2, -0.15) is 0 Å². The molecule has 2 aromatic rings. The highest BCUT2D eigenvalue weighted by Crippen LogP contribution is 2.26. The normalized spacial score (nSPS) is 10.2. The summed E-state index contributed by atoms with van der Waals surface area (Å²) in [5, 5.41) is 2.42. The first-order valence-electron chi connectivity index (χ1n) is 9.00. The summed E-state index contributed by atoms with van der Waals surface area (Å²) in [5.74, 6) is 0.272. The number of hydrogen-bond acceptors (Lipinski definition) is 6. The Balaban J connectivity index is 1.77. The molecular weight excluding hydrogens is 554 g/mol. The molecule has 8 nitrogen and oxygen atoms in total. The predicted octanol–water partition coefficient (Wildman–Crippen LogP) is 3.26. The lowest BCUT2D eigenvalue weighted by Gasteiger charge is -2.13. The van der Waals surface area contributed by atoms with Crippen LogP contribution >= 0.6 is 44.1 Å². The molecule has 166 valence electrons. The van der Waals surface area contributed by atoms with Crippen molar-refractivity contribution in [2.75, 3.05) is 26.9 Å². The summed E-state index contributed by atoms with van der Waals surface area (Å²) in [5.41, 5.74) is 6.08. The van der Waals surface area contributed by atoms with Gasteiger partial charge in [-0.3, -0.25) is 25.8 Å². The first kappa shape index (κ1) is 25.1. The highest BCUT2D eigenvalue weighted by atomic mass is 79.9. The van der Waals surface area contributed by atoms with Gasteiger partial charge in [0.2, 0.25) is 0 Å². The lowest BCUT2D eigenvalue weighted by Crippen LogP contribution is -2.49. The second-order valence-electron chi connectivity index (χ2n) is 6.14. The molecule has 0 bridgehead atoms. The minimum absolute atomic E-state index is 0.0604. The molecule has 0 spiro atoms. The van der Waals surface area contributed by atoms with Crippen LogP contribution in [0.3, 0.4) is 0 Å². The number of hydrazine groups is 1. The zero-order chi connectivity index (χ0) is 22.8. The monoisotopic (exact) mass is 573 g/mol. The van der Waals surface area contributed by atoms with Crippen molar-refractivity contribution < 1.29 is 23.8 Å². The number of aryl methyl sites for hydroxylation is 1. The van der Waals surface area contributed by atoms with Gasteiger partial charge in [-0.15, -0.1) is 0 Å². The summed E-state index contributed by atoms with van der Waals surface area (Å²) in [6, 6.07) is 10.3. The molecule has 2 aromatic carbocycles. The Morgan fingerprint density at radius 1 is 1.00 bits per heavy atom. The van der Waals surface area contributed by atoms with E-state index in [4.69, 9.17) is 26.4 Å². The minimum Gasteiger partial charge on any atom is -0.490 e. The number of hydrogen-bond donors (Lipinski definition) is 3. The molecule has 31 heavy (non-hydrogen) atoms. The topological polar surface area (TPSA) is 97.9 Å². The Labute approximate surface area is 202 Å². The highest BCUT2D eigenvalue weighted by molar-refractivity contribution is 9.10. The number of carbonyl (C=O) groups is 2. The molecule has 0 fully saturated rings. The van der Waals surface area contributed by atoms with Gasteiger partial charge in [0.25, 0.3) is 11.8 Å². The van der Waals surface area contributed by atoms with Crippen LogP contribution in [0.2, 0.25) is 0 Å². The fraction of sp³-hybridized carbons (Fsp3) is 0.250. The van der Waals surface area contributed by atoms with Crippen molar-refractivity contribution >= 4 is 61.0 Å². The Morgan fingerprint density at radius 3 is 2.42 bits per heavy atom. The molecule has 0 aromatic heterocycles. The van der Waals surface area contributed by atoms with E-state index in [9.17, 15) is 9.59 Å². The first-order chi connectivity index (χ1) is 14.8. The fourth-order valence-corrected chi connectivity index (χ4v) is 3.39. The maximum absolute atomic E-state index is 12.3. The standard InChI is InChI=1S/C20H21Br2N3O5S/c1-12-9-14(21)4-6-16(12)30-11-18(26)24-25-20(31)23-19(27)13-3-5-17(15(22)10-13)29-8-7-28-2/h3-6,9-10H,7-8,11H2,1-2H3,(H,24,26)(H2,23,25,27,31). The van der Waals surface area contributed by atoms with E-state index in [2.05, 4.69) is 48.0 Å². The molecule has 0 atom stereocenters. The Bertz CT molecular complexity index is 958. The number of benzene rings is 2. The average molecular weight is 575 g/mol. The number of methoxy groups -OCH3 is 1. The zero-order valence-electron chi connectivity index (χ0n) is 16.8. The van der Waals surface area contributed by atoms with Crippen LogP contribution in [0, 0.1) is 6.92 Å². The molecule has 2 rings (SSSR count). The second-order valence-corrected chi connectivity index (χ2v) is 8.32. The van der Waals surface area contributed by atoms with Crippen LogP contribution in [0.5, 0.6) is 11.5 Å². The van der Waals surface area contributed by atoms with Gasteiger partial charge in [0.1, 0.15) is 18.1 Å². The van der Waals surface area contributed by atoms with Crippen LogP contribution in [0.25, 0.3) is 0 Å². The lowest BCUT2D eigenvalue weighted by atomic mass is 10.2. The van der Waals surface area contributed by atoms with Crippen molar-refractivity contribution in [3.63, 3.8) is 0 Å². The third-order valence-electron chi connectivity index (χ3n) is 3.78. The molecule has 0 aliphatic carbocycles. The Kier molecular flexibility index (Phi) is 10.2. The lowest BCUT2D eigenvalue weighted by molar-refractivity contribution is -0.123. The van der Waals surface area contributed by atoms with Gasteiger partial charge in [0.05, 0.1) is 11.1 Å². The minimum atomic E-state index is -0.459. The van der Waals surface area contributed by atoms with Crippen LogP contribution < -0.4 is 25.6 Å². The number of amides is 2. The quantitative estimate of drug-likeness (QED) is 0.253. The summed E-state index contributed by atoms with van der Waals surface area (Å²) >= 11 is 11.8. The van der Waals surface area contributed by atoms with E-state index in [-0.39, 0.29) is 11.7 Å². The predicted molar refractivity (Wildman–Crippen MR) is 127 cm³/mol. The smallest absolute Gasteiger partial charge is 0.276 e. The molecule has 0 aliphatic rings. The maximum atomic E-state index is 12.3. The summed E-state index contributed by atoms with van der Waals surface area (Å²) in [6.45, 7) is 2.49. The van der Waals surface area contributed by atoms with E-state index in [0.29, 0.717) is 34.7 Å². The molecule has 0 saturated heterocycles. The number of halogens is 2. The molecule has 0 radical (unpaired) electrons. The van der Waals surface area contributed by atoms with Gasteiger partial charge in [-0.25, -0.2) is 0 Å². The van der Waals surface area contributed by atoms with Crippen LogP contribution in [-0.2, 0) is 9.53 Å².